The quantitative estimate of drug-likeness (QED) is 0.800. The van der Waals surface area contributed by atoms with Crippen molar-refractivity contribution in [3.63, 3.8) is 0 Å². The molecule has 2 aromatic heterocycles. The van der Waals surface area contributed by atoms with Crippen molar-refractivity contribution >= 4 is 32.6 Å². The summed E-state index contributed by atoms with van der Waals surface area (Å²) >= 11 is 1.45. The number of aromatic nitrogens is 3. The molecule has 3 aromatic rings. The minimum atomic E-state index is -0.218. The second kappa shape index (κ2) is 5.01. The Morgan fingerprint density at radius 2 is 2.20 bits per heavy atom. The van der Waals surface area contributed by atoms with E-state index in [2.05, 4.69) is 20.4 Å². The second-order valence-electron chi connectivity index (χ2n) is 4.45. The van der Waals surface area contributed by atoms with Gasteiger partial charge in [0.25, 0.3) is 0 Å². The van der Waals surface area contributed by atoms with Crippen LogP contribution >= 0.6 is 11.3 Å². The Bertz CT molecular complexity index is 778. The van der Waals surface area contributed by atoms with E-state index in [4.69, 9.17) is 4.52 Å². The van der Waals surface area contributed by atoms with Gasteiger partial charge >= 0.3 is 0 Å². The molecule has 102 valence electrons. The molecule has 0 saturated heterocycles. The summed E-state index contributed by atoms with van der Waals surface area (Å²) in [5.74, 6) is 0.602. The van der Waals surface area contributed by atoms with Crippen molar-refractivity contribution in [3.05, 3.63) is 35.5 Å². The molecule has 2 heterocycles. The van der Waals surface area contributed by atoms with E-state index in [1.165, 1.54) is 16.9 Å². The largest absolute Gasteiger partial charge is 0.339 e. The van der Waals surface area contributed by atoms with Crippen molar-refractivity contribution in [2.24, 2.45) is 0 Å². The minimum absolute atomic E-state index is 0.0514. The molecule has 0 saturated carbocycles. The lowest BCUT2D eigenvalue weighted by Gasteiger charge is -1.96. The second-order valence-corrected chi connectivity index (χ2v) is 5.48. The molecule has 0 unspecified atom stereocenters. The normalized spacial score (nSPS) is 10.9. The lowest BCUT2D eigenvalue weighted by Crippen LogP contribution is -2.14. The molecule has 0 atom stereocenters. The lowest BCUT2D eigenvalue weighted by atomic mass is 10.2. The number of benzene rings is 1. The number of nitrogens with one attached hydrogen (secondary N) is 1. The van der Waals surface area contributed by atoms with E-state index in [0.717, 1.165) is 10.2 Å². The molecule has 0 fully saturated rings. The van der Waals surface area contributed by atoms with Gasteiger partial charge in [0.05, 0.1) is 10.2 Å². The predicted octanol–water partition coefficient (Wildman–Crippen LogP) is 2.48. The highest BCUT2D eigenvalue weighted by molar-refractivity contribution is 7.22. The fraction of sp³-hybridized carbons (Fsp3) is 0.231. The Morgan fingerprint density at radius 3 is 2.95 bits per heavy atom. The third kappa shape index (κ3) is 2.67. The molecule has 0 aliphatic carbocycles. The predicted molar refractivity (Wildman–Crippen MR) is 75.7 cm³/mol. The highest BCUT2D eigenvalue weighted by atomic mass is 32.1. The van der Waals surface area contributed by atoms with E-state index in [-0.39, 0.29) is 12.3 Å². The number of fused-ring (bicyclic) bond motifs is 1. The van der Waals surface area contributed by atoms with Gasteiger partial charge in [-0.05, 0) is 31.5 Å². The van der Waals surface area contributed by atoms with Gasteiger partial charge in [-0.25, -0.2) is 4.98 Å². The SMILES string of the molecule is Cc1ccc2nc(NC(=O)Cc3nc(C)no3)sc2c1. The fourth-order valence-corrected chi connectivity index (χ4v) is 2.78. The van der Waals surface area contributed by atoms with E-state index in [1.807, 2.05) is 25.1 Å². The summed E-state index contributed by atoms with van der Waals surface area (Å²) in [5.41, 5.74) is 2.05. The molecule has 0 radical (unpaired) electrons. The summed E-state index contributed by atoms with van der Waals surface area (Å²) < 4.78 is 5.96. The number of thiazole rings is 1. The van der Waals surface area contributed by atoms with Gasteiger partial charge in [-0.3, -0.25) is 4.79 Å². The molecule has 0 spiro atoms. The molecule has 0 bridgehead atoms. The summed E-state index contributed by atoms with van der Waals surface area (Å²) in [4.78, 5) is 20.2. The highest BCUT2D eigenvalue weighted by Gasteiger charge is 2.12. The van der Waals surface area contributed by atoms with Crippen LogP contribution in [0.25, 0.3) is 10.2 Å². The summed E-state index contributed by atoms with van der Waals surface area (Å²) in [6, 6.07) is 5.98. The topological polar surface area (TPSA) is 80.9 Å². The maximum Gasteiger partial charge on any atom is 0.236 e. The summed E-state index contributed by atoms with van der Waals surface area (Å²) in [7, 11) is 0. The number of anilines is 1. The average Bonchev–Trinajstić information content (AvgIpc) is 2.94. The van der Waals surface area contributed by atoms with Gasteiger partial charge < -0.3 is 9.84 Å². The summed E-state index contributed by atoms with van der Waals surface area (Å²) in [6.07, 6.45) is 0.0514. The van der Waals surface area contributed by atoms with Crippen LogP contribution in [0.5, 0.6) is 0 Å². The first-order valence-corrected chi connectivity index (χ1v) is 6.88. The summed E-state index contributed by atoms with van der Waals surface area (Å²) in [6.45, 7) is 3.73. The molecular formula is C13H12N4O2S. The van der Waals surface area contributed by atoms with Crippen LogP contribution in [0.15, 0.2) is 22.7 Å². The third-order valence-electron chi connectivity index (χ3n) is 2.67. The Balaban J connectivity index is 1.73. The Hall–Kier alpha value is -2.28. The fourth-order valence-electron chi connectivity index (χ4n) is 1.80. The van der Waals surface area contributed by atoms with Gasteiger partial charge in [0.2, 0.25) is 11.8 Å². The molecule has 20 heavy (non-hydrogen) atoms. The smallest absolute Gasteiger partial charge is 0.236 e. The van der Waals surface area contributed by atoms with E-state index in [0.29, 0.717) is 16.8 Å². The van der Waals surface area contributed by atoms with Crippen LogP contribution in [0.2, 0.25) is 0 Å². The Morgan fingerprint density at radius 1 is 1.35 bits per heavy atom. The zero-order valence-corrected chi connectivity index (χ0v) is 11.8. The van der Waals surface area contributed by atoms with Crippen LogP contribution in [0.3, 0.4) is 0 Å². The van der Waals surface area contributed by atoms with Gasteiger partial charge in [-0.1, -0.05) is 22.6 Å². The van der Waals surface area contributed by atoms with Gasteiger partial charge in [-0.15, -0.1) is 0 Å². The first-order valence-electron chi connectivity index (χ1n) is 6.06. The number of amides is 1. The van der Waals surface area contributed by atoms with Crippen LogP contribution in [-0.2, 0) is 11.2 Å². The van der Waals surface area contributed by atoms with Crippen LogP contribution in [0.1, 0.15) is 17.3 Å². The van der Waals surface area contributed by atoms with Crippen molar-refractivity contribution in [3.8, 4) is 0 Å². The molecule has 1 aromatic carbocycles. The number of carbonyl (C=O) groups is 1. The third-order valence-corrected chi connectivity index (χ3v) is 3.61. The number of carbonyl (C=O) groups excluding carboxylic acids is 1. The van der Waals surface area contributed by atoms with Crippen molar-refractivity contribution in [1.82, 2.24) is 15.1 Å². The molecule has 0 aliphatic rings. The molecule has 7 heteroatoms. The Labute approximate surface area is 118 Å². The van der Waals surface area contributed by atoms with Gasteiger partial charge in [0.15, 0.2) is 11.0 Å². The maximum atomic E-state index is 11.9. The van der Waals surface area contributed by atoms with Crippen molar-refractivity contribution in [2.45, 2.75) is 20.3 Å². The van der Waals surface area contributed by atoms with E-state index < -0.39 is 0 Å². The number of rotatable bonds is 3. The number of hydrogen-bond acceptors (Lipinski definition) is 6. The Kier molecular flexibility index (Phi) is 3.19. The monoisotopic (exact) mass is 288 g/mol. The first kappa shape index (κ1) is 12.7. The molecular weight excluding hydrogens is 276 g/mol. The van der Waals surface area contributed by atoms with Crippen molar-refractivity contribution < 1.29 is 9.32 Å². The average molecular weight is 288 g/mol. The lowest BCUT2D eigenvalue weighted by molar-refractivity contribution is -0.115. The van der Waals surface area contributed by atoms with Gasteiger partial charge in [0.1, 0.15) is 6.42 Å². The zero-order chi connectivity index (χ0) is 14.1. The van der Waals surface area contributed by atoms with Crippen LogP contribution < -0.4 is 5.32 Å². The molecule has 0 aliphatic heterocycles. The molecule has 3 rings (SSSR count). The number of hydrogen-bond donors (Lipinski definition) is 1. The standard InChI is InChI=1S/C13H12N4O2S/c1-7-3-4-9-10(5-7)20-13(15-9)16-11(18)6-12-14-8(2)17-19-12/h3-5H,6H2,1-2H3,(H,15,16,18). The molecule has 1 amide bonds. The molecule has 1 N–H and O–H groups in total. The number of nitrogens with zero attached hydrogens (tertiary/aromatic N) is 3. The van der Waals surface area contributed by atoms with Crippen LogP contribution in [-0.4, -0.2) is 21.0 Å². The van der Waals surface area contributed by atoms with Crippen molar-refractivity contribution in [2.75, 3.05) is 5.32 Å². The van der Waals surface area contributed by atoms with Gasteiger partial charge in [0, 0.05) is 0 Å². The van der Waals surface area contributed by atoms with E-state index in [9.17, 15) is 4.79 Å². The van der Waals surface area contributed by atoms with Crippen molar-refractivity contribution in [1.29, 1.82) is 0 Å². The van der Waals surface area contributed by atoms with Crippen LogP contribution in [0.4, 0.5) is 5.13 Å². The minimum Gasteiger partial charge on any atom is -0.339 e. The highest BCUT2D eigenvalue weighted by Crippen LogP contribution is 2.26. The van der Waals surface area contributed by atoms with E-state index in [1.54, 1.807) is 6.92 Å². The first-order chi connectivity index (χ1) is 9.60. The van der Waals surface area contributed by atoms with E-state index >= 15 is 0 Å². The maximum absolute atomic E-state index is 11.9. The zero-order valence-electron chi connectivity index (χ0n) is 11.0. The summed E-state index contributed by atoms with van der Waals surface area (Å²) in [5, 5.41) is 6.97. The van der Waals surface area contributed by atoms with Crippen LogP contribution in [0, 0.1) is 13.8 Å². The number of aryl methyl sites for hydroxylation is 2. The molecule has 6 nitrogen and oxygen atoms in total. The van der Waals surface area contributed by atoms with Gasteiger partial charge in [-0.2, -0.15) is 4.98 Å².